The van der Waals surface area contributed by atoms with Crippen molar-refractivity contribution in [3.05, 3.63) is 16.7 Å². The summed E-state index contributed by atoms with van der Waals surface area (Å²) in [5, 5.41) is 14.0. The first-order valence-electron chi connectivity index (χ1n) is 5.55. The first-order valence-corrected chi connectivity index (χ1v) is 5.93. The van der Waals surface area contributed by atoms with Crippen LogP contribution in [0.1, 0.15) is 24.4 Å². The van der Waals surface area contributed by atoms with E-state index in [1.165, 1.54) is 14.2 Å². The van der Waals surface area contributed by atoms with Crippen LogP contribution >= 0.6 is 11.6 Å². The molecule has 5 heteroatoms. The Kier molecular flexibility index (Phi) is 3.64. The molecule has 0 aliphatic carbocycles. The maximum atomic E-state index is 10.2. The molecule has 1 atom stereocenters. The van der Waals surface area contributed by atoms with Gasteiger partial charge in [-0.15, -0.1) is 0 Å². The monoisotopic (exact) mass is 257 g/mol. The number of ether oxygens (including phenoxy) is 2. The van der Waals surface area contributed by atoms with E-state index in [-0.39, 0.29) is 11.8 Å². The van der Waals surface area contributed by atoms with E-state index in [0.29, 0.717) is 22.1 Å². The minimum atomic E-state index is 0.0660. The van der Waals surface area contributed by atoms with E-state index in [2.05, 4.69) is 5.32 Å². The first-order chi connectivity index (χ1) is 8.19. The van der Waals surface area contributed by atoms with Crippen molar-refractivity contribution >= 4 is 11.6 Å². The van der Waals surface area contributed by atoms with Gasteiger partial charge < -0.3 is 19.9 Å². The van der Waals surface area contributed by atoms with Crippen LogP contribution in [0, 0.1) is 0 Å². The van der Waals surface area contributed by atoms with Gasteiger partial charge in [0, 0.05) is 17.7 Å². The molecule has 1 aromatic rings. The zero-order valence-corrected chi connectivity index (χ0v) is 10.7. The van der Waals surface area contributed by atoms with Gasteiger partial charge in [-0.1, -0.05) is 11.6 Å². The van der Waals surface area contributed by atoms with Crippen LogP contribution in [0.4, 0.5) is 0 Å². The summed E-state index contributed by atoms with van der Waals surface area (Å²) in [5.74, 6) is 0.841. The van der Waals surface area contributed by atoms with Gasteiger partial charge in [-0.25, -0.2) is 0 Å². The van der Waals surface area contributed by atoms with Gasteiger partial charge in [-0.3, -0.25) is 0 Å². The molecule has 0 spiro atoms. The minimum Gasteiger partial charge on any atom is -0.504 e. The second-order valence-electron chi connectivity index (χ2n) is 4.01. The number of hydrogen-bond acceptors (Lipinski definition) is 4. The number of methoxy groups -OCH3 is 2. The summed E-state index contributed by atoms with van der Waals surface area (Å²) in [6.45, 7) is 0.939. The number of phenols is 1. The normalized spacial score (nSPS) is 19.4. The molecule has 1 unspecified atom stereocenters. The van der Waals surface area contributed by atoms with Crippen molar-refractivity contribution < 1.29 is 14.6 Å². The molecule has 0 radical (unpaired) electrons. The van der Waals surface area contributed by atoms with E-state index < -0.39 is 0 Å². The summed E-state index contributed by atoms with van der Waals surface area (Å²) in [7, 11) is 3.01. The molecule has 0 amide bonds. The fraction of sp³-hybridized carbons (Fsp3) is 0.500. The van der Waals surface area contributed by atoms with E-state index in [9.17, 15) is 5.11 Å². The van der Waals surface area contributed by atoms with Gasteiger partial charge in [-0.2, -0.15) is 0 Å². The maximum Gasteiger partial charge on any atom is 0.203 e. The predicted molar refractivity (Wildman–Crippen MR) is 66.2 cm³/mol. The molecular weight excluding hydrogens is 242 g/mol. The minimum absolute atomic E-state index is 0.0660. The van der Waals surface area contributed by atoms with Gasteiger partial charge in [0.15, 0.2) is 11.5 Å². The van der Waals surface area contributed by atoms with Crippen LogP contribution in [0.25, 0.3) is 0 Å². The van der Waals surface area contributed by atoms with E-state index in [1.54, 1.807) is 6.07 Å². The highest BCUT2D eigenvalue weighted by Gasteiger charge is 2.26. The SMILES string of the molecule is COc1cc(Cl)c(C2CCCN2)c(O)c1OC. The van der Waals surface area contributed by atoms with Crippen molar-refractivity contribution in [2.75, 3.05) is 20.8 Å². The molecular formula is C12H16ClNO3. The average Bonchev–Trinajstić information content (AvgIpc) is 2.82. The molecule has 1 heterocycles. The van der Waals surface area contributed by atoms with Crippen molar-refractivity contribution in [1.82, 2.24) is 5.32 Å². The van der Waals surface area contributed by atoms with Crippen LogP contribution in [0.5, 0.6) is 17.2 Å². The zero-order valence-electron chi connectivity index (χ0n) is 9.92. The molecule has 0 aromatic heterocycles. The second kappa shape index (κ2) is 5.02. The van der Waals surface area contributed by atoms with Crippen LogP contribution < -0.4 is 14.8 Å². The summed E-state index contributed by atoms with van der Waals surface area (Å²) < 4.78 is 10.3. The van der Waals surface area contributed by atoms with Gasteiger partial charge in [-0.05, 0) is 19.4 Å². The zero-order chi connectivity index (χ0) is 12.4. The van der Waals surface area contributed by atoms with Crippen molar-refractivity contribution in [3.8, 4) is 17.2 Å². The lowest BCUT2D eigenvalue weighted by atomic mass is 10.0. The van der Waals surface area contributed by atoms with E-state index in [4.69, 9.17) is 21.1 Å². The molecule has 2 rings (SSSR count). The van der Waals surface area contributed by atoms with Crippen LogP contribution in [-0.4, -0.2) is 25.9 Å². The van der Waals surface area contributed by atoms with Gasteiger partial charge in [0.1, 0.15) is 0 Å². The summed E-state index contributed by atoms with van der Waals surface area (Å²) in [6, 6.07) is 1.76. The molecule has 17 heavy (non-hydrogen) atoms. The Morgan fingerprint density at radius 1 is 1.41 bits per heavy atom. The highest BCUT2D eigenvalue weighted by atomic mass is 35.5. The quantitative estimate of drug-likeness (QED) is 0.874. The molecule has 0 bridgehead atoms. The topological polar surface area (TPSA) is 50.7 Å². The van der Waals surface area contributed by atoms with Gasteiger partial charge in [0.25, 0.3) is 0 Å². The fourth-order valence-electron chi connectivity index (χ4n) is 2.22. The molecule has 0 saturated carbocycles. The summed E-state index contributed by atoms with van der Waals surface area (Å²) in [5.41, 5.74) is 0.696. The largest absolute Gasteiger partial charge is 0.504 e. The molecule has 2 N–H and O–H groups in total. The Balaban J connectivity index is 2.51. The summed E-state index contributed by atoms with van der Waals surface area (Å²) in [4.78, 5) is 0. The number of aromatic hydroxyl groups is 1. The Morgan fingerprint density at radius 3 is 2.71 bits per heavy atom. The van der Waals surface area contributed by atoms with Crippen molar-refractivity contribution in [3.63, 3.8) is 0 Å². The van der Waals surface area contributed by atoms with Crippen molar-refractivity contribution in [2.45, 2.75) is 18.9 Å². The number of phenolic OH excluding ortho intramolecular Hbond substituents is 1. The molecule has 1 aliphatic rings. The summed E-state index contributed by atoms with van der Waals surface area (Å²) in [6.07, 6.45) is 2.04. The molecule has 1 aliphatic heterocycles. The molecule has 1 aromatic carbocycles. The Bertz CT molecular complexity index is 417. The lowest BCUT2D eigenvalue weighted by molar-refractivity contribution is 0.329. The average molecular weight is 258 g/mol. The van der Waals surface area contributed by atoms with Crippen LogP contribution in [0.3, 0.4) is 0 Å². The molecule has 4 nitrogen and oxygen atoms in total. The number of nitrogens with one attached hydrogen (secondary N) is 1. The standard InChI is InChI=1S/C12H16ClNO3/c1-16-9-6-7(13)10(8-4-3-5-14-8)11(15)12(9)17-2/h6,8,14-15H,3-5H2,1-2H3. The van der Waals surface area contributed by atoms with E-state index in [1.807, 2.05) is 0 Å². The first kappa shape index (κ1) is 12.3. The van der Waals surface area contributed by atoms with E-state index >= 15 is 0 Å². The maximum absolute atomic E-state index is 10.2. The van der Waals surface area contributed by atoms with Crippen LogP contribution in [0.2, 0.25) is 5.02 Å². The third-order valence-corrected chi connectivity index (χ3v) is 3.35. The van der Waals surface area contributed by atoms with Gasteiger partial charge >= 0.3 is 0 Å². The van der Waals surface area contributed by atoms with Crippen molar-refractivity contribution in [2.24, 2.45) is 0 Å². The number of rotatable bonds is 3. The van der Waals surface area contributed by atoms with Crippen LogP contribution in [0.15, 0.2) is 6.07 Å². The third kappa shape index (κ3) is 2.15. The molecule has 1 fully saturated rings. The third-order valence-electron chi connectivity index (χ3n) is 3.04. The number of benzene rings is 1. The lowest BCUT2D eigenvalue weighted by Crippen LogP contribution is -2.14. The number of hydrogen-bond donors (Lipinski definition) is 2. The van der Waals surface area contributed by atoms with Crippen LogP contribution in [-0.2, 0) is 0 Å². The highest BCUT2D eigenvalue weighted by Crippen LogP contribution is 2.46. The Labute approximate surface area is 105 Å². The number of halogens is 1. The Morgan fingerprint density at radius 2 is 2.18 bits per heavy atom. The van der Waals surface area contributed by atoms with E-state index in [0.717, 1.165) is 19.4 Å². The molecule has 94 valence electrons. The lowest BCUT2D eigenvalue weighted by Gasteiger charge is -2.18. The smallest absolute Gasteiger partial charge is 0.203 e. The van der Waals surface area contributed by atoms with Gasteiger partial charge in [0.05, 0.1) is 19.2 Å². The second-order valence-corrected chi connectivity index (χ2v) is 4.41. The van der Waals surface area contributed by atoms with Gasteiger partial charge in [0.2, 0.25) is 5.75 Å². The fourth-order valence-corrected chi connectivity index (χ4v) is 2.54. The van der Waals surface area contributed by atoms with Crippen molar-refractivity contribution in [1.29, 1.82) is 0 Å². The Hall–Kier alpha value is -1.13. The highest BCUT2D eigenvalue weighted by molar-refractivity contribution is 6.32. The molecule has 1 saturated heterocycles. The predicted octanol–water partition coefficient (Wildman–Crippen LogP) is 2.49. The summed E-state index contributed by atoms with van der Waals surface area (Å²) >= 11 is 6.19.